The number of nitrogens with one attached hydrogen (secondary N) is 1. The Hall–Kier alpha value is -0.610. The van der Waals surface area contributed by atoms with E-state index in [4.69, 9.17) is 5.73 Å². The zero-order valence-electron chi connectivity index (χ0n) is 9.18. The lowest BCUT2D eigenvalue weighted by atomic mass is 10.0. The second kappa shape index (κ2) is 4.75. The average molecular weight is 199 g/mol. The zero-order chi connectivity index (χ0) is 10.6. The molecule has 3 N–H and O–H groups in total. The Morgan fingerprint density at radius 3 is 2.79 bits per heavy atom. The molecule has 0 bridgehead atoms. The van der Waals surface area contributed by atoms with Crippen molar-refractivity contribution in [1.29, 1.82) is 0 Å². The molecule has 0 aromatic carbocycles. The SMILES string of the molecule is CC1(C)CCCN1CC(=O)NCCN. The molecule has 82 valence electrons. The molecule has 0 saturated carbocycles. The van der Waals surface area contributed by atoms with Crippen LogP contribution in [0.3, 0.4) is 0 Å². The van der Waals surface area contributed by atoms with E-state index in [1.165, 1.54) is 12.8 Å². The normalized spacial score (nSPS) is 21.1. The van der Waals surface area contributed by atoms with Crippen LogP contribution in [0.4, 0.5) is 0 Å². The first-order valence-corrected chi connectivity index (χ1v) is 5.28. The van der Waals surface area contributed by atoms with Gasteiger partial charge in [-0.3, -0.25) is 9.69 Å². The van der Waals surface area contributed by atoms with Crippen molar-refractivity contribution in [2.75, 3.05) is 26.2 Å². The minimum Gasteiger partial charge on any atom is -0.354 e. The predicted molar refractivity (Wildman–Crippen MR) is 57.0 cm³/mol. The lowest BCUT2D eigenvalue weighted by Crippen LogP contribution is -2.45. The minimum absolute atomic E-state index is 0.0884. The summed E-state index contributed by atoms with van der Waals surface area (Å²) in [5, 5.41) is 2.79. The van der Waals surface area contributed by atoms with Crippen LogP contribution in [-0.4, -0.2) is 42.5 Å². The third-order valence-electron chi connectivity index (χ3n) is 2.87. The molecule has 0 radical (unpaired) electrons. The van der Waals surface area contributed by atoms with Crippen LogP contribution in [0.25, 0.3) is 0 Å². The van der Waals surface area contributed by atoms with E-state index in [0.29, 0.717) is 19.6 Å². The molecule has 1 amide bonds. The van der Waals surface area contributed by atoms with Crippen molar-refractivity contribution in [2.45, 2.75) is 32.2 Å². The molecule has 0 unspecified atom stereocenters. The molecular weight excluding hydrogens is 178 g/mol. The number of likely N-dealkylation sites (tertiary alicyclic amines) is 1. The average Bonchev–Trinajstić information content (AvgIpc) is 2.43. The van der Waals surface area contributed by atoms with Crippen molar-refractivity contribution >= 4 is 5.91 Å². The number of nitrogens with two attached hydrogens (primary N) is 1. The van der Waals surface area contributed by atoms with Gasteiger partial charge >= 0.3 is 0 Å². The van der Waals surface area contributed by atoms with E-state index in [2.05, 4.69) is 24.1 Å². The molecule has 14 heavy (non-hydrogen) atoms. The maximum Gasteiger partial charge on any atom is 0.234 e. The van der Waals surface area contributed by atoms with E-state index in [-0.39, 0.29) is 11.4 Å². The highest BCUT2D eigenvalue weighted by Crippen LogP contribution is 2.27. The molecule has 0 aliphatic carbocycles. The van der Waals surface area contributed by atoms with Gasteiger partial charge in [-0.1, -0.05) is 0 Å². The van der Waals surface area contributed by atoms with Crippen LogP contribution in [-0.2, 0) is 4.79 Å². The molecule has 1 rings (SSSR count). The van der Waals surface area contributed by atoms with Crippen LogP contribution in [0.2, 0.25) is 0 Å². The third kappa shape index (κ3) is 2.96. The Morgan fingerprint density at radius 1 is 1.57 bits per heavy atom. The summed E-state index contributed by atoms with van der Waals surface area (Å²) in [5.74, 6) is 0.0884. The van der Waals surface area contributed by atoms with Crippen LogP contribution in [0.1, 0.15) is 26.7 Å². The van der Waals surface area contributed by atoms with Crippen molar-refractivity contribution in [3.05, 3.63) is 0 Å². The minimum atomic E-state index is 0.0884. The van der Waals surface area contributed by atoms with Gasteiger partial charge in [0.1, 0.15) is 0 Å². The predicted octanol–water partition coefficient (Wildman–Crippen LogP) is -0.0643. The zero-order valence-corrected chi connectivity index (χ0v) is 9.18. The lowest BCUT2D eigenvalue weighted by molar-refractivity contribution is -0.123. The van der Waals surface area contributed by atoms with Gasteiger partial charge in [-0.2, -0.15) is 0 Å². The molecule has 0 spiro atoms. The Morgan fingerprint density at radius 2 is 2.29 bits per heavy atom. The summed E-state index contributed by atoms with van der Waals surface area (Å²) in [6, 6.07) is 0. The van der Waals surface area contributed by atoms with Crippen LogP contribution >= 0.6 is 0 Å². The van der Waals surface area contributed by atoms with Crippen LogP contribution in [0.15, 0.2) is 0 Å². The maximum absolute atomic E-state index is 11.4. The summed E-state index contributed by atoms with van der Waals surface area (Å²) >= 11 is 0. The molecule has 1 aliphatic heterocycles. The van der Waals surface area contributed by atoms with Crippen LogP contribution in [0.5, 0.6) is 0 Å². The summed E-state index contributed by atoms with van der Waals surface area (Å²) in [5.41, 5.74) is 5.49. The van der Waals surface area contributed by atoms with Crippen molar-refractivity contribution in [3.8, 4) is 0 Å². The Labute approximate surface area is 85.8 Å². The van der Waals surface area contributed by atoms with Gasteiger partial charge in [0.25, 0.3) is 0 Å². The second-order valence-electron chi connectivity index (χ2n) is 4.48. The molecule has 1 fully saturated rings. The van der Waals surface area contributed by atoms with E-state index in [1.54, 1.807) is 0 Å². The molecule has 1 saturated heterocycles. The second-order valence-corrected chi connectivity index (χ2v) is 4.48. The highest BCUT2D eigenvalue weighted by Gasteiger charge is 2.32. The smallest absolute Gasteiger partial charge is 0.234 e. The summed E-state index contributed by atoms with van der Waals surface area (Å²) in [7, 11) is 0. The van der Waals surface area contributed by atoms with E-state index in [0.717, 1.165) is 6.54 Å². The van der Waals surface area contributed by atoms with Gasteiger partial charge < -0.3 is 11.1 Å². The number of amides is 1. The third-order valence-corrected chi connectivity index (χ3v) is 2.87. The maximum atomic E-state index is 11.4. The summed E-state index contributed by atoms with van der Waals surface area (Å²) in [6.45, 7) is 7.00. The number of hydrogen-bond acceptors (Lipinski definition) is 3. The largest absolute Gasteiger partial charge is 0.354 e. The Bertz CT molecular complexity index is 204. The van der Waals surface area contributed by atoms with E-state index in [9.17, 15) is 4.79 Å². The van der Waals surface area contributed by atoms with Crippen molar-refractivity contribution in [3.63, 3.8) is 0 Å². The van der Waals surface area contributed by atoms with Gasteiger partial charge in [0, 0.05) is 18.6 Å². The van der Waals surface area contributed by atoms with E-state index in [1.807, 2.05) is 0 Å². The standard InChI is InChI=1S/C10H21N3O/c1-10(2)4-3-7-13(10)8-9(14)12-6-5-11/h3-8,11H2,1-2H3,(H,12,14). The molecule has 0 atom stereocenters. The van der Waals surface area contributed by atoms with Crippen LogP contribution in [0, 0.1) is 0 Å². The molecular formula is C10H21N3O. The monoisotopic (exact) mass is 199 g/mol. The number of hydrogen-bond donors (Lipinski definition) is 2. The highest BCUT2D eigenvalue weighted by molar-refractivity contribution is 5.78. The number of carbonyl (C=O) groups excluding carboxylic acids is 1. The number of nitrogens with zero attached hydrogens (tertiary/aromatic N) is 1. The first-order valence-electron chi connectivity index (χ1n) is 5.28. The fourth-order valence-corrected chi connectivity index (χ4v) is 1.90. The molecule has 4 heteroatoms. The van der Waals surface area contributed by atoms with Gasteiger partial charge in [-0.15, -0.1) is 0 Å². The van der Waals surface area contributed by atoms with Gasteiger partial charge in [-0.25, -0.2) is 0 Å². The van der Waals surface area contributed by atoms with Crippen LogP contribution < -0.4 is 11.1 Å². The lowest BCUT2D eigenvalue weighted by Gasteiger charge is -2.30. The Kier molecular flexibility index (Phi) is 3.89. The van der Waals surface area contributed by atoms with Crippen molar-refractivity contribution < 1.29 is 4.79 Å². The molecule has 4 nitrogen and oxygen atoms in total. The van der Waals surface area contributed by atoms with Crippen molar-refractivity contribution in [1.82, 2.24) is 10.2 Å². The molecule has 1 heterocycles. The molecule has 1 aliphatic rings. The Balaban J connectivity index is 2.33. The summed E-state index contributed by atoms with van der Waals surface area (Å²) < 4.78 is 0. The van der Waals surface area contributed by atoms with Gasteiger partial charge in [-0.05, 0) is 33.2 Å². The fourth-order valence-electron chi connectivity index (χ4n) is 1.90. The fraction of sp³-hybridized carbons (Fsp3) is 0.900. The number of rotatable bonds is 4. The quantitative estimate of drug-likeness (QED) is 0.666. The topological polar surface area (TPSA) is 58.4 Å². The molecule has 0 aromatic heterocycles. The highest BCUT2D eigenvalue weighted by atomic mass is 16.2. The van der Waals surface area contributed by atoms with Gasteiger partial charge in [0.05, 0.1) is 6.54 Å². The van der Waals surface area contributed by atoms with Gasteiger partial charge in [0.15, 0.2) is 0 Å². The first kappa shape index (κ1) is 11.5. The number of carbonyl (C=O) groups is 1. The van der Waals surface area contributed by atoms with Crippen molar-refractivity contribution in [2.24, 2.45) is 5.73 Å². The summed E-state index contributed by atoms with van der Waals surface area (Å²) in [6.07, 6.45) is 2.37. The van der Waals surface area contributed by atoms with E-state index >= 15 is 0 Å². The van der Waals surface area contributed by atoms with E-state index < -0.39 is 0 Å². The summed E-state index contributed by atoms with van der Waals surface area (Å²) in [4.78, 5) is 13.7. The van der Waals surface area contributed by atoms with Gasteiger partial charge in [0.2, 0.25) is 5.91 Å². The first-order chi connectivity index (χ1) is 6.56. The molecule has 0 aromatic rings.